The maximum absolute atomic E-state index is 13.2. The molecule has 1 atom stereocenters. The summed E-state index contributed by atoms with van der Waals surface area (Å²) >= 11 is 0. The molecule has 25 heavy (non-hydrogen) atoms. The van der Waals surface area contributed by atoms with Crippen molar-refractivity contribution in [1.29, 1.82) is 0 Å². The Morgan fingerprint density at radius 3 is 2.72 bits per heavy atom. The summed E-state index contributed by atoms with van der Waals surface area (Å²) in [6.45, 7) is 1.32. The summed E-state index contributed by atoms with van der Waals surface area (Å²) < 4.78 is 1.82. The van der Waals surface area contributed by atoms with Crippen LogP contribution in [-0.2, 0) is 11.8 Å². The maximum Gasteiger partial charge on any atom is 0.273 e. The van der Waals surface area contributed by atoms with Crippen LogP contribution in [0.2, 0.25) is 0 Å². The molecule has 2 aliphatic rings. The predicted molar refractivity (Wildman–Crippen MR) is 93.9 cm³/mol. The first-order chi connectivity index (χ1) is 12.1. The van der Waals surface area contributed by atoms with Crippen LogP contribution in [0.3, 0.4) is 0 Å². The molecular formula is C19H22N4O2. The van der Waals surface area contributed by atoms with Crippen LogP contribution >= 0.6 is 0 Å². The van der Waals surface area contributed by atoms with Crippen LogP contribution in [0.25, 0.3) is 11.4 Å². The van der Waals surface area contributed by atoms with Crippen LogP contribution in [0.5, 0.6) is 0 Å². The number of aromatic nitrogens is 2. The van der Waals surface area contributed by atoms with Crippen LogP contribution in [-0.4, -0.2) is 44.9 Å². The Morgan fingerprint density at radius 2 is 1.96 bits per heavy atom. The highest BCUT2D eigenvalue weighted by molar-refractivity contribution is 5.99. The van der Waals surface area contributed by atoms with Gasteiger partial charge in [-0.25, -0.2) is 4.98 Å². The van der Waals surface area contributed by atoms with Crippen molar-refractivity contribution in [1.82, 2.24) is 19.8 Å². The number of hydrogen-bond acceptors (Lipinski definition) is 3. The minimum atomic E-state index is -0.674. The number of amides is 2. The quantitative estimate of drug-likeness (QED) is 0.910. The minimum absolute atomic E-state index is 0.00458. The van der Waals surface area contributed by atoms with Crippen molar-refractivity contribution in [2.24, 2.45) is 7.05 Å². The largest absolute Gasteiger partial charge is 0.354 e. The number of likely N-dealkylation sites (tertiary alicyclic amines) is 1. The van der Waals surface area contributed by atoms with Crippen molar-refractivity contribution in [2.45, 2.75) is 31.2 Å². The minimum Gasteiger partial charge on any atom is -0.354 e. The number of piperidine rings is 1. The lowest BCUT2D eigenvalue weighted by Crippen LogP contribution is -2.60. The number of hydrogen-bond donors (Lipinski definition) is 1. The van der Waals surface area contributed by atoms with Gasteiger partial charge in [0.1, 0.15) is 17.1 Å². The average molecular weight is 338 g/mol. The van der Waals surface area contributed by atoms with Crippen LogP contribution in [0.15, 0.2) is 36.5 Å². The van der Waals surface area contributed by atoms with E-state index >= 15 is 0 Å². The van der Waals surface area contributed by atoms with Gasteiger partial charge < -0.3 is 14.8 Å². The first-order valence-corrected chi connectivity index (χ1v) is 8.81. The number of carbonyl (C=O) groups is 2. The number of carbonyl (C=O) groups excluding carboxylic acids is 2. The van der Waals surface area contributed by atoms with E-state index in [1.54, 1.807) is 11.1 Å². The Hall–Kier alpha value is -2.63. The van der Waals surface area contributed by atoms with E-state index in [9.17, 15) is 9.59 Å². The van der Waals surface area contributed by atoms with Gasteiger partial charge in [-0.05, 0) is 25.7 Å². The zero-order valence-corrected chi connectivity index (χ0v) is 14.4. The molecule has 2 aromatic rings. The van der Waals surface area contributed by atoms with Gasteiger partial charge in [0.25, 0.3) is 5.91 Å². The van der Waals surface area contributed by atoms with Crippen molar-refractivity contribution in [3.63, 3.8) is 0 Å². The van der Waals surface area contributed by atoms with E-state index < -0.39 is 5.54 Å². The van der Waals surface area contributed by atoms with Crippen molar-refractivity contribution in [3.05, 3.63) is 42.2 Å². The first-order valence-electron chi connectivity index (χ1n) is 8.81. The summed E-state index contributed by atoms with van der Waals surface area (Å²) in [6.07, 6.45) is 4.89. The van der Waals surface area contributed by atoms with Gasteiger partial charge in [-0.15, -0.1) is 0 Å². The maximum atomic E-state index is 13.2. The molecule has 0 aliphatic carbocycles. The Morgan fingerprint density at radius 1 is 1.20 bits per heavy atom. The van der Waals surface area contributed by atoms with Crippen molar-refractivity contribution in [2.75, 3.05) is 13.1 Å². The summed E-state index contributed by atoms with van der Waals surface area (Å²) in [7, 11) is 1.85. The normalized spacial score (nSPS) is 23.1. The topological polar surface area (TPSA) is 67.2 Å². The smallest absolute Gasteiger partial charge is 0.273 e. The summed E-state index contributed by atoms with van der Waals surface area (Å²) in [4.78, 5) is 32.0. The third kappa shape index (κ3) is 2.44. The highest BCUT2D eigenvalue weighted by Crippen LogP contribution is 2.37. The molecule has 6 heteroatoms. The van der Waals surface area contributed by atoms with E-state index in [0.29, 0.717) is 18.8 Å². The lowest BCUT2D eigenvalue weighted by Gasteiger charge is -2.40. The Balaban J connectivity index is 1.68. The lowest BCUT2D eigenvalue weighted by molar-refractivity contribution is -0.133. The molecule has 130 valence electrons. The summed E-state index contributed by atoms with van der Waals surface area (Å²) in [6, 6.07) is 9.81. The van der Waals surface area contributed by atoms with Gasteiger partial charge in [0, 0.05) is 25.7 Å². The van der Waals surface area contributed by atoms with Gasteiger partial charge in [-0.2, -0.15) is 0 Å². The van der Waals surface area contributed by atoms with E-state index in [2.05, 4.69) is 10.3 Å². The molecule has 3 heterocycles. The summed E-state index contributed by atoms with van der Waals surface area (Å²) in [5.74, 6) is 0.645. The second-order valence-electron chi connectivity index (χ2n) is 6.84. The number of imidazole rings is 1. The number of benzene rings is 1. The molecule has 2 fully saturated rings. The zero-order valence-electron chi connectivity index (χ0n) is 14.4. The summed E-state index contributed by atoms with van der Waals surface area (Å²) in [5.41, 5.74) is 0.820. The second-order valence-corrected chi connectivity index (χ2v) is 6.84. The SMILES string of the molecule is Cn1c(C(=O)N2CCCC23CCCNC3=O)cnc1-c1ccccc1. The molecular weight excluding hydrogens is 316 g/mol. The van der Waals surface area contributed by atoms with E-state index in [1.807, 2.05) is 41.9 Å². The molecule has 1 spiro atoms. The standard InChI is InChI=1S/C19H22N4O2/c1-22-15(13-21-16(22)14-7-3-2-4-8-14)17(24)23-12-6-10-19(23)9-5-11-20-18(19)25/h2-4,7-8,13H,5-6,9-12H2,1H3,(H,20,25). The molecule has 0 bridgehead atoms. The van der Waals surface area contributed by atoms with Crippen molar-refractivity contribution < 1.29 is 9.59 Å². The van der Waals surface area contributed by atoms with Crippen LogP contribution in [0, 0.1) is 0 Å². The summed E-state index contributed by atoms with van der Waals surface area (Å²) in [5, 5.41) is 2.94. The molecule has 2 amide bonds. The molecule has 1 unspecified atom stereocenters. The van der Waals surface area contributed by atoms with Gasteiger partial charge in [0.2, 0.25) is 5.91 Å². The fraction of sp³-hybridized carbons (Fsp3) is 0.421. The van der Waals surface area contributed by atoms with E-state index in [1.165, 1.54) is 0 Å². The van der Waals surface area contributed by atoms with Crippen molar-refractivity contribution >= 4 is 11.8 Å². The highest BCUT2D eigenvalue weighted by Gasteiger charge is 2.50. The van der Waals surface area contributed by atoms with Crippen LogP contribution in [0.1, 0.15) is 36.2 Å². The van der Waals surface area contributed by atoms with Crippen LogP contribution < -0.4 is 5.32 Å². The molecule has 1 aromatic carbocycles. The predicted octanol–water partition coefficient (Wildman–Crippen LogP) is 1.97. The fourth-order valence-corrected chi connectivity index (χ4v) is 4.13. The molecule has 1 N–H and O–H groups in total. The number of nitrogens with zero attached hydrogens (tertiary/aromatic N) is 3. The van der Waals surface area contributed by atoms with Crippen LogP contribution in [0.4, 0.5) is 0 Å². The van der Waals surface area contributed by atoms with Gasteiger partial charge in [0.15, 0.2) is 0 Å². The highest BCUT2D eigenvalue weighted by atomic mass is 16.2. The monoisotopic (exact) mass is 338 g/mol. The Labute approximate surface area is 146 Å². The Kier molecular flexibility index (Phi) is 3.82. The first kappa shape index (κ1) is 15.9. The third-order valence-corrected chi connectivity index (χ3v) is 5.45. The fourth-order valence-electron chi connectivity index (χ4n) is 4.13. The molecule has 0 saturated carbocycles. The molecule has 2 aliphatic heterocycles. The zero-order chi connectivity index (χ0) is 17.4. The van der Waals surface area contributed by atoms with E-state index in [4.69, 9.17) is 0 Å². The van der Waals surface area contributed by atoms with Gasteiger partial charge in [0.05, 0.1) is 6.20 Å². The number of nitrogens with one attached hydrogen (secondary N) is 1. The lowest BCUT2D eigenvalue weighted by atomic mass is 9.86. The van der Waals surface area contributed by atoms with Gasteiger partial charge in [-0.1, -0.05) is 30.3 Å². The molecule has 0 radical (unpaired) electrons. The van der Waals surface area contributed by atoms with Gasteiger partial charge in [-0.3, -0.25) is 9.59 Å². The Bertz CT molecular complexity index is 814. The molecule has 4 rings (SSSR count). The number of rotatable bonds is 2. The van der Waals surface area contributed by atoms with E-state index in [0.717, 1.165) is 37.1 Å². The second kappa shape index (κ2) is 6.02. The molecule has 1 aromatic heterocycles. The molecule has 6 nitrogen and oxygen atoms in total. The third-order valence-electron chi connectivity index (χ3n) is 5.45. The van der Waals surface area contributed by atoms with Gasteiger partial charge >= 0.3 is 0 Å². The van der Waals surface area contributed by atoms with E-state index in [-0.39, 0.29) is 11.8 Å². The average Bonchev–Trinajstić information content (AvgIpc) is 3.22. The van der Waals surface area contributed by atoms with Crippen molar-refractivity contribution in [3.8, 4) is 11.4 Å². The molecule has 2 saturated heterocycles.